The van der Waals surface area contributed by atoms with Gasteiger partial charge in [-0.25, -0.2) is 4.98 Å². The number of guanidine groups is 1. The van der Waals surface area contributed by atoms with E-state index in [2.05, 4.69) is 41.8 Å². The Morgan fingerprint density at radius 1 is 1.39 bits per heavy atom. The Morgan fingerprint density at radius 3 is 2.82 bits per heavy atom. The van der Waals surface area contributed by atoms with Gasteiger partial charge in [0.2, 0.25) is 0 Å². The van der Waals surface area contributed by atoms with Crippen LogP contribution < -0.4 is 11.1 Å². The maximum absolute atomic E-state index is 10.6. The molecule has 9 nitrogen and oxygen atoms in total. The van der Waals surface area contributed by atoms with Crippen LogP contribution in [0.4, 0.5) is 5.82 Å². The van der Waals surface area contributed by atoms with E-state index in [1.165, 1.54) is 0 Å². The van der Waals surface area contributed by atoms with E-state index in [0.29, 0.717) is 24.5 Å². The Hall–Kier alpha value is -1.38. The monoisotopic (exact) mass is 413 g/mol. The Labute approximate surface area is 165 Å². The fourth-order valence-corrected chi connectivity index (χ4v) is 4.30. The number of hydrogen-bond donors (Lipinski definition) is 4. The molecule has 1 saturated heterocycles. The van der Waals surface area contributed by atoms with Crippen molar-refractivity contribution in [1.29, 1.82) is 0 Å². The van der Waals surface area contributed by atoms with Gasteiger partial charge in [0.05, 0.1) is 12.4 Å². The van der Waals surface area contributed by atoms with Gasteiger partial charge in [-0.3, -0.25) is 4.57 Å². The number of nitrogens with zero attached hydrogens (tertiary/aromatic N) is 3. The highest BCUT2D eigenvalue weighted by Gasteiger charge is 2.45. The molecule has 1 fully saturated rings. The molecule has 0 spiro atoms. The molecule has 158 valence electrons. The van der Waals surface area contributed by atoms with Gasteiger partial charge in [-0.15, -0.1) is 13.2 Å². The Kier molecular flexibility index (Phi) is 6.51. The highest BCUT2D eigenvalue weighted by molar-refractivity contribution is 7.72. The lowest BCUT2D eigenvalue weighted by Gasteiger charge is -2.24. The summed E-state index contributed by atoms with van der Waals surface area (Å²) in [5, 5.41) is 24.0. The first-order chi connectivity index (χ1) is 13.2. The first-order valence-corrected chi connectivity index (χ1v) is 12.7. The average Bonchev–Trinajstić information content (AvgIpc) is 3.15. The van der Waals surface area contributed by atoms with Crippen LogP contribution in [-0.4, -0.2) is 76.4 Å². The third-order valence-electron chi connectivity index (χ3n) is 4.96. The molecule has 0 bridgehead atoms. The van der Waals surface area contributed by atoms with Crippen molar-refractivity contribution in [3.8, 4) is 0 Å². The van der Waals surface area contributed by atoms with Gasteiger partial charge in [-0.2, -0.15) is 4.99 Å². The number of rotatable bonds is 8. The Morgan fingerprint density at radius 2 is 2.14 bits per heavy atom. The van der Waals surface area contributed by atoms with E-state index in [9.17, 15) is 10.2 Å². The largest absolute Gasteiger partial charge is 0.388 e. The van der Waals surface area contributed by atoms with E-state index in [1.54, 1.807) is 10.9 Å². The summed E-state index contributed by atoms with van der Waals surface area (Å²) in [5.41, 5.74) is 6.50. The van der Waals surface area contributed by atoms with Crippen molar-refractivity contribution >= 4 is 25.0 Å². The van der Waals surface area contributed by atoms with Crippen molar-refractivity contribution in [2.45, 2.75) is 57.0 Å². The zero-order chi connectivity index (χ0) is 20.5. The van der Waals surface area contributed by atoms with Crippen LogP contribution >= 0.6 is 6.89 Å². The zero-order valence-electron chi connectivity index (χ0n) is 16.8. The number of hydrogen-bond acceptors (Lipinski definition) is 8. The number of nitrogens with one attached hydrogen (secondary N) is 1. The van der Waals surface area contributed by atoms with E-state index in [0.717, 1.165) is 19.0 Å². The number of unbranched alkanes of at least 4 members (excludes halogenated alkanes) is 1. The molecule has 2 aliphatic rings. The molecule has 3 heterocycles. The van der Waals surface area contributed by atoms with Gasteiger partial charge in [0.15, 0.2) is 24.2 Å². The number of aliphatic hydroxyl groups excluding tert-OH is 2. The number of ether oxygens (including phenoxy) is 2. The van der Waals surface area contributed by atoms with Gasteiger partial charge in [-0.05, 0) is 32.3 Å². The van der Waals surface area contributed by atoms with E-state index in [4.69, 9.17) is 15.2 Å². The second-order valence-electron chi connectivity index (χ2n) is 8.10. The first kappa shape index (κ1) is 21.3. The standard InChI is InChI=1S/C18H32N5O4P/c1-5-6-8-26-16-12-15(21-18(19)22-16)23(10-20-12)17-14(25)13(24)11(27-17)7-9-28(2,3)4/h10-11,13-14,16-17,24-25H,2,5-9H2,1,3-4H3,(H3,19,21,22)/t11-,13-,14-,16?,17-/m1/s1. The molecule has 0 saturated carbocycles. The Bertz CT molecular complexity index is 761. The van der Waals surface area contributed by atoms with Crippen molar-refractivity contribution in [2.24, 2.45) is 10.7 Å². The molecule has 1 aromatic rings. The Balaban J connectivity index is 1.79. The number of imidazole rings is 1. The molecule has 0 amide bonds. The molecule has 0 radical (unpaired) electrons. The molecule has 1 unspecified atom stereocenters. The van der Waals surface area contributed by atoms with Crippen LogP contribution in [-0.2, 0) is 9.47 Å². The second kappa shape index (κ2) is 8.55. The molecule has 1 aromatic heterocycles. The first-order valence-electron chi connectivity index (χ1n) is 9.69. The summed E-state index contributed by atoms with van der Waals surface area (Å²) in [6, 6.07) is 0. The quantitative estimate of drug-likeness (QED) is 0.369. The summed E-state index contributed by atoms with van der Waals surface area (Å²) in [5.74, 6) is 0.684. The summed E-state index contributed by atoms with van der Waals surface area (Å²) in [6.45, 7) is 5.68. The van der Waals surface area contributed by atoms with Crippen LogP contribution in [0.5, 0.6) is 0 Å². The minimum atomic E-state index is -1.25. The van der Waals surface area contributed by atoms with Crippen LogP contribution in [0.2, 0.25) is 0 Å². The highest BCUT2D eigenvalue weighted by atomic mass is 31.2. The smallest absolute Gasteiger partial charge is 0.197 e. The SMILES string of the molecule is C=P(C)(C)CC[C@H]1O[C@@H](n2cnc3c2N=C(N)NC3OCCCC)[C@H](O)[C@@H]1O. The topological polar surface area (TPSA) is 127 Å². The maximum atomic E-state index is 10.6. The summed E-state index contributed by atoms with van der Waals surface area (Å²) < 4.78 is 13.5. The van der Waals surface area contributed by atoms with Crippen LogP contribution in [0.25, 0.3) is 0 Å². The van der Waals surface area contributed by atoms with Gasteiger partial charge in [0.1, 0.15) is 17.9 Å². The van der Waals surface area contributed by atoms with E-state index in [-0.39, 0.29) is 5.96 Å². The molecule has 0 aliphatic carbocycles. The lowest BCUT2D eigenvalue weighted by Crippen LogP contribution is -2.39. The van der Waals surface area contributed by atoms with Crippen molar-refractivity contribution in [1.82, 2.24) is 14.9 Å². The molecule has 5 atom stereocenters. The number of nitrogens with two attached hydrogens (primary N) is 1. The lowest BCUT2D eigenvalue weighted by atomic mass is 10.1. The van der Waals surface area contributed by atoms with Crippen LogP contribution in [0.1, 0.15) is 44.3 Å². The molecule has 3 rings (SSSR count). The van der Waals surface area contributed by atoms with Crippen molar-refractivity contribution in [2.75, 3.05) is 26.1 Å². The van der Waals surface area contributed by atoms with Crippen LogP contribution in [0.3, 0.4) is 0 Å². The summed E-state index contributed by atoms with van der Waals surface area (Å²) in [4.78, 5) is 8.73. The van der Waals surface area contributed by atoms with E-state index >= 15 is 0 Å². The van der Waals surface area contributed by atoms with Gasteiger partial charge >= 0.3 is 0 Å². The number of aromatic nitrogens is 2. The van der Waals surface area contributed by atoms with Crippen molar-refractivity contribution in [3.63, 3.8) is 0 Å². The highest BCUT2D eigenvalue weighted by Crippen LogP contribution is 2.41. The van der Waals surface area contributed by atoms with Crippen molar-refractivity contribution < 1.29 is 19.7 Å². The predicted octanol–water partition coefficient (Wildman–Crippen LogP) is 0.966. The number of fused-ring (bicyclic) bond motifs is 1. The molecule has 0 aromatic carbocycles. The normalized spacial score (nSPS) is 30.0. The van der Waals surface area contributed by atoms with E-state index in [1.807, 2.05) is 0 Å². The average molecular weight is 413 g/mol. The number of aliphatic hydroxyl groups is 2. The van der Waals surface area contributed by atoms with Gasteiger partial charge < -0.3 is 30.7 Å². The van der Waals surface area contributed by atoms with Crippen LogP contribution in [0, 0.1) is 0 Å². The molecule has 28 heavy (non-hydrogen) atoms. The van der Waals surface area contributed by atoms with Crippen LogP contribution in [0.15, 0.2) is 11.3 Å². The lowest BCUT2D eigenvalue weighted by molar-refractivity contribution is -0.0367. The molecule has 5 N–H and O–H groups in total. The van der Waals surface area contributed by atoms with Crippen molar-refractivity contribution in [3.05, 3.63) is 12.0 Å². The predicted molar refractivity (Wildman–Crippen MR) is 112 cm³/mol. The molecular weight excluding hydrogens is 381 g/mol. The second-order valence-corrected chi connectivity index (χ2v) is 12.4. The molecular formula is C18H32N5O4P. The van der Waals surface area contributed by atoms with Gasteiger partial charge in [-0.1, -0.05) is 13.3 Å². The van der Waals surface area contributed by atoms with Gasteiger partial charge in [0.25, 0.3) is 0 Å². The van der Waals surface area contributed by atoms with E-state index < -0.39 is 37.7 Å². The summed E-state index contributed by atoms with van der Waals surface area (Å²) in [7, 11) is 0. The minimum Gasteiger partial charge on any atom is -0.388 e. The molecule has 2 aliphatic heterocycles. The summed E-state index contributed by atoms with van der Waals surface area (Å²) in [6.07, 6.45) is 5.40. The zero-order valence-corrected chi connectivity index (χ0v) is 17.7. The third kappa shape index (κ3) is 4.60. The fraction of sp³-hybridized carbons (Fsp3) is 0.722. The summed E-state index contributed by atoms with van der Waals surface area (Å²) >= 11 is 0. The third-order valence-corrected chi connectivity index (χ3v) is 6.43. The van der Waals surface area contributed by atoms with Gasteiger partial charge in [0, 0.05) is 6.61 Å². The minimum absolute atomic E-state index is 0.212. The fourth-order valence-electron chi connectivity index (χ4n) is 3.34. The number of aliphatic imine (C=N–C) groups is 1. The molecule has 10 heteroatoms. The maximum Gasteiger partial charge on any atom is 0.197 e.